The molecule has 0 bridgehead atoms. The van der Waals surface area contributed by atoms with Crippen molar-refractivity contribution in [1.29, 1.82) is 0 Å². The average Bonchev–Trinajstić information content (AvgIpc) is 3.92. The van der Waals surface area contributed by atoms with Gasteiger partial charge in [0, 0.05) is 32.6 Å². The Balaban J connectivity index is 0.957. The fourth-order valence-corrected chi connectivity index (χ4v) is 10.1. The summed E-state index contributed by atoms with van der Waals surface area (Å²) < 4.78 is 4.87. The molecule has 0 fully saturated rings. The quantitative estimate of drug-likeness (QED) is 0.170. The first-order valence-corrected chi connectivity index (χ1v) is 20.1. The van der Waals surface area contributed by atoms with Gasteiger partial charge < -0.3 is 9.13 Å². The van der Waals surface area contributed by atoms with Gasteiger partial charge in [-0.15, -0.1) is 0 Å². The highest BCUT2D eigenvalue weighted by Crippen LogP contribution is 2.49. The third-order valence-corrected chi connectivity index (χ3v) is 12.6. The molecule has 268 valence electrons. The summed E-state index contributed by atoms with van der Waals surface area (Å²) in [4.78, 5) is 0. The van der Waals surface area contributed by atoms with E-state index in [9.17, 15) is 0 Å². The Labute approximate surface area is 335 Å². The van der Waals surface area contributed by atoms with Crippen LogP contribution in [0.1, 0.15) is 0 Å². The van der Waals surface area contributed by atoms with Gasteiger partial charge in [0.25, 0.3) is 0 Å². The van der Waals surface area contributed by atoms with E-state index in [-0.39, 0.29) is 0 Å². The molecule has 58 heavy (non-hydrogen) atoms. The van der Waals surface area contributed by atoms with Gasteiger partial charge in [-0.1, -0.05) is 152 Å². The van der Waals surface area contributed by atoms with Gasteiger partial charge in [-0.2, -0.15) is 0 Å². The third-order valence-electron chi connectivity index (χ3n) is 12.6. The smallest absolute Gasteiger partial charge is 0.0541 e. The Morgan fingerprint density at radius 2 is 0.776 bits per heavy atom. The number of aromatic nitrogens is 2. The molecule has 0 saturated carbocycles. The van der Waals surface area contributed by atoms with E-state index in [0.717, 1.165) is 5.69 Å². The highest BCUT2D eigenvalue weighted by atomic mass is 15.0. The molecule has 1 aliphatic rings. The maximum absolute atomic E-state index is 2.44. The number of hydrogen-bond donors (Lipinski definition) is 0. The van der Waals surface area contributed by atoms with Crippen molar-refractivity contribution in [3.05, 3.63) is 206 Å². The molecule has 2 nitrogen and oxygen atoms in total. The zero-order valence-electron chi connectivity index (χ0n) is 31.5. The second-order valence-corrected chi connectivity index (χ2v) is 15.7. The van der Waals surface area contributed by atoms with Gasteiger partial charge in [0.1, 0.15) is 0 Å². The van der Waals surface area contributed by atoms with Gasteiger partial charge >= 0.3 is 0 Å². The maximum atomic E-state index is 2.44. The van der Waals surface area contributed by atoms with Crippen molar-refractivity contribution < 1.29 is 0 Å². The molecule has 12 aromatic rings. The molecule has 2 heterocycles. The van der Waals surface area contributed by atoms with Crippen molar-refractivity contribution in [2.45, 2.75) is 0 Å². The minimum absolute atomic E-state index is 1.16. The molecule has 13 rings (SSSR count). The molecule has 0 spiro atoms. The van der Waals surface area contributed by atoms with Crippen molar-refractivity contribution in [3.8, 4) is 55.9 Å². The molecule has 1 aliphatic carbocycles. The second-order valence-electron chi connectivity index (χ2n) is 15.7. The Kier molecular flexibility index (Phi) is 6.47. The monoisotopic (exact) mass is 734 g/mol. The van der Waals surface area contributed by atoms with Crippen LogP contribution in [0.25, 0.3) is 121 Å². The molecule has 0 unspecified atom stereocenters. The highest BCUT2D eigenvalue weighted by Gasteiger charge is 2.23. The van der Waals surface area contributed by atoms with Crippen molar-refractivity contribution in [2.24, 2.45) is 0 Å². The number of para-hydroxylation sites is 2. The standard InChI is InChI=1S/C56H34N2/c1-2-16-41-35(12-1)13-10-25-51(41)58-53-24-8-6-20-45(53)50-34-37(27-31-55(50)58)36-26-30-54-49(33-36)44-19-5-7-23-52(44)57(54)39-15-9-14-38(32-39)40-28-29-48-43-18-4-3-17-42(43)47-22-11-21-46(40)56(47)48/h1-34H. The molecule has 10 aromatic carbocycles. The van der Waals surface area contributed by atoms with E-state index >= 15 is 0 Å². The van der Waals surface area contributed by atoms with E-state index in [2.05, 4.69) is 215 Å². The lowest BCUT2D eigenvalue weighted by atomic mass is 9.94. The maximum Gasteiger partial charge on any atom is 0.0541 e. The Bertz CT molecular complexity index is 3650. The first-order valence-electron chi connectivity index (χ1n) is 20.1. The summed E-state index contributed by atoms with van der Waals surface area (Å²) in [7, 11) is 0. The van der Waals surface area contributed by atoms with Gasteiger partial charge in [0.05, 0.1) is 27.8 Å². The minimum atomic E-state index is 1.16. The van der Waals surface area contributed by atoms with Crippen LogP contribution in [-0.2, 0) is 0 Å². The SMILES string of the molecule is c1cc(-c2ccc3c4c(cccc24)-c2ccccc2-3)cc(-n2c3ccccc3c3cc(-c4ccc5c(c4)c4ccccc4n5-c4cccc5ccccc45)ccc32)c1. The molecule has 0 aliphatic heterocycles. The predicted molar refractivity (Wildman–Crippen MR) is 245 cm³/mol. The zero-order chi connectivity index (χ0) is 37.9. The molecule has 0 N–H and O–H groups in total. The largest absolute Gasteiger partial charge is 0.309 e. The highest BCUT2D eigenvalue weighted by molar-refractivity contribution is 6.19. The van der Waals surface area contributed by atoms with Gasteiger partial charge in [0.2, 0.25) is 0 Å². The van der Waals surface area contributed by atoms with Gasteiger partial charge in [-0.05, 0) is 115 Å². The first-order chi connectivity index (χ1) is 28.8. The molecule has 0 amide bonds. The average molecular weight is 735 g/mol. The van der Waals surface area contributed by atoms with Crippen LogP contribution >= 0.6 is 0 Å². The van der Waals surface area contributed by atoms with E-state index in [1.54, 1.807) is 0 Å². The van der Waals surface area contributed by atoms with Crippen LogP contribution in [0.2, 0.25) is 0 Å². The van der Waals surface area contributed by atoms with Crippen molar-refractivity contribution in [3.63, 3.8) is 0 Å². The van der Waals surface area contributed by atoms with E-state index in [1.807, 2.05) is 0 Å². The number of rotatable bonds is 4. The molecule has 2 heteroatoms. The van der Waals surface area contributed by atoms with E-state index in [0.29, 0.717) is 0 Å². The van der Waals surface area contributed by atoms with Crippen molar-refractivity contribution >= 4 is 65.2 Å². The van der Waals surface area contributed by atoms with E-state index in [1.165, 1.54) is 115 Å². The molecule has 2 aromatic heterocycles. The number of fused-ring (bicyclic) bond motifs is 10. The van der Waals surface area contributed by atoms with Crippen LogP contribution in [0.5, 0.6) is 0 Å². The fraction of sp³-hybridized carbons (Fsp3) is 0. The van der Waals surface area contributed by atoms with Crippen LogP contribution < -0.4 is 0 Å². The van der Waals surface area contributed by atoms with Gasteiger partial charge in [0.15, 0.2) is 0 Å². The number of benzene rings is 10. The summed E-state index contributed by atoms with van der Waals surface area (Å²) in [5.41, 5.74) is 17.4. The van der Waals surface area contributed by atoms with E-state index in [4.69, 9.17) is 0 Å². The van der Waals surface area contributed by atoms with Crippen LogP contribution in [0.4, 0.5) is 0 Å². The van der Waals surface area contributed by atoms with Crippen LogP contribution in [0, 0.1) is 0 Å². The Morgan fingerprint density at radius 1 is 0.259 bits per heavy atom. The number of nitrogens with zero attached hydrogens (tertiary/aromatic N) is 2. The lowest BCUT2D eigenvalue weighted by molar-refractivity contribution is 1.18. The molecular weight excluding hydrogens is 701 g/mol. The summed E-state index contributed by atoms with van der Waals surface area (Å²) in [6, 6.07) is 76.2. The minimum Gasteiger partial charge on any atom is -0.309 e. The summed E-state index contributed by atoms with van der Waals surface area (Å²) in [6.45, 7) is 0. The summed E-state index contributed by atoms with van der Waals surface area (Å²) in [5, 5.41) is 10.2. The van der Waals surface area contributed by atoms with Crippen LogP contribution in [0.3, 0.4) is 0 Å². The summed E-state index contributed by atoms with van der Waals surface area (Å²) in [5.74, 6) is 0. The van der Waals surface area contributed by atoms with Gasteiger partial charge in [-0.3, -0.25) is 0 Å². The van der Waals surface area contributed by atoms with E-state index < -0.39 is 0 Å². The third kappa shape index (κ3) is 4.37. The Hall–Kier alpha value is -7.68. The van der Waals surface area contributed by atoms with Crippen LogP contribution in [0.15, 0.2) is 206 Å². The van der Waals surface area contributed by atoms with Crippen molar-refractivity contribution in [1.82, 2.24) is 9.13 Å². The normalized spacial score (nSPS) is 12.1. The van der Waals surface area contributed by atoms with Gasteiger partial charge in [-0.25, -0.2) is 0 Å². The lowest BCUT2D eigenvalue weighted by Gasteiger charge is -2.13. The predicted octanol–water partition coefficient (Wildman–Crippen LogP) is 15.2. The molecular formula is C56H34N2. The second kappa shape index (κ2) is 11.9. The summed E-state index contributed by atoms with van der Waals surface area (Å²) in [6.07, 6.45) is 0. The topological polar surface area (TPSA) is 9.86 Å². The first kappa shape index (κ1) is 31.5. The lowest BCUT2D eigenvalue weighted by Crippen LogP contribution is -1.95. The molecule has 0 radical (unpaired) electrons. The summed E-state index contributed by atoms with van der Waals surface area (Å²) >= 11 is 0. The zero-order valence-corrected chi connectivity index (χ0v) is 31.5. The molecule has 0 saturated heterocycles. The molecule has 0 atom stereocenters. The van der Waals surface area contributed by atoms with Crippen molar-refractivity contribution in [2.75, 3.05) is 0 Å². The Morgan fingerprint density at radius 3 is 1.53 bits per heavy atom. The fourth-order valence-electron chi connectivity index (χ4n) is 10.1. The van der Waals surface area contributed by atoms with Crippen LogP contribution in [-0.4, -0.2) is 9.13 Å². The number of hydrogen-bond acceptors (Lipinski definition) is 0.